The van der Waals surface area contributed by atoms with Gasteiger partial charge >= 0.3 is 0 Å². The molecule has 1 aliphatic heterocycles. The van der Waals surface area contributed by atoms with Gasteiger partial charge in [-0.05, 0) is 37.5 Å². The number of hydrogen-bond acceptors (Lipinski definition) is 3. The maximum Gasteiger partial charge on any atom is 0.0984 e. The Labute approximate surface area is 249 Å². The molecular weight excluding hydrogens is 536 g/mol. The van der Waals surface area contributed by atoms with Gasteiger partial charge in [-0.25, -0.2) is 0 Å². The lowest BCUT2D eigenvalue weighted by Crippen LogP contribution is -2.14. The van der Waals surface area contributed by atoms with E-state index >= 15 is 0 Å². The van der Waals surface area contributed by atoms with Crippen LogP contribution in [0.3, 0.4) is 0 Å². The van der Waals surface area contributed by atoms with Crippen molar-refractivity contribution in [3.8, 4) is 0 Å². The van der Waals surface area contributed by atoms with E-state index in [0.717, 1.165) is 25.2 Å². The molecule has 2 rings (SSSR count). The van der Waals surface area contributed by atoms with Gasteiger partial charge in [0.2, 0.25) is 0 Å². The van der Waals surface area contributed by atoms with Crippen LogP contribution in [-0.4, -0.2) is 33.0 Å². The molecule has 2 aliphatic rings. The monoisotopic (exact) mass is 606 g/mol. The lowest BCUT2D eigenvalue weighted by molar-refractivity contribution is 0.0161. The SMILES string of the molecule is CC.CCC1(C)CCCC1.CCCCCCCCCCCCCCCCCCOCC1CCCO1.COBr. The molecule has 0 aromatic carbocycles. The fourth-order valence-electron chi connectivity index (χ4n) is 5.32. The third kappa shape index (κ3) is 29.3. The maximum atomic E-state index is 5.71. The molecule has 232 valence electrons. The van der Waals surface area contributed by atoms with Crippen molar-refractivity contribution in [2.75, 3.05) is 26.9 Å². The van der Waals surface area contributed by atoms with Crippen molar-refractivity contribution in [2.45, 2.75) is 188 Å². The van der Waals surface area contributed by atoms with Crippen LogP contribution in [0.5, 0.6) is 0 Å². The van der Waals surface area contributed by atoms with E-state index in [4.69, 9.17) is 9.47 Å². The van der Waals surface area contributed by atoms with Crippen LogP contribution >= 0.6 is 16.3 Å². The zero-order valence-corrected chi connectivity index (χ0v) is 28.7. The summed E-state index contributed by atoms with van der Waals surface area (Å²) in [7, 11) is 1.54. The maximum absolute atomic E-state index is 5.71. The van der Waals surface area contributed by atoms with Crippen molar-refractivity contribution < 1.29 is 13.3 Å². The number of rotatable bonds is 20. The second kappa shape index (κ2) is 33.6. The molecule has 0 aromatic heterocycles. The van der Waals surface area contributed by atoms with Crippen LogP contribution in [0.25, 0.3) is 0 Å². The van der Waals surface area contributed by atoms with E-state index in [0.29, 0.717) is 6.10 Å². The number of ether oxygens (including phenoxy) is 2. The zero-order chi connectivity index (χ0) is 28.6. The zero-order valence-electron chi connectivity index (χ0n) is 27.1. The minimum atomic E-state index is 0.390. The summed E-state index contributed by atoms with van der Waals surface area (Å²) in [5.74, 6) is 0. The minimum absolute atomic E-state index is 0.390. The first kappa shape index (κ1) is 40.5. The third-order valence-electron chi connectivity index (χ3n) is 8.13. The summed E-state index contributed by atoms with van der Waals surface area (Å²) in [5, 5.41) is 0. The van der Waals surface area contributed by atoms with Crippen molar-refractivity contribution >= 4 is 16.3 Å². The van der Waals surface area contributed by atoms with E-state index in [-0.39, 0.29) is 0 Å². The summed E-state index contributed by atoms with van der Waals surface area (Å²) in [6.45, 7) is 13.7. The molecule has 1 saturated carbocycles. The Morgan fingerprint density at radius 3 is 1.47 bits per heavy atom. The van der Waals surface area contributed by atoms with Crippen molar-refractivity contribution in [3.63, 3.8) is 0 Å². The van der Waals surface area contributed by atoms with Gasteiger partial charge < -0.3 is 13.3 Å². The van der Waals surface area contributed by atoms with Crippen LogP contribution in [0, 0.1) is 5.41 Å². The second-order valence-electron chi connectivity index (χ2n) is 11.5. The fraction of sp³-hybridized carbons (Fsp3) is 1.00. The Bertz CT molecular complexity index is 407. The van der Waals surface area contributed by atoms with Crippen LogP contribution < -0.4 is 0 Å². The van der Waals surface area contributed by atoms with Gasteiger partial charge in [-0.2, -0.15) is 0 Å². The minimum Gasteiger partial charge on any atom is -0.379 e. The largest absolute Gasteiger partial charge is 0.379 e. The van der Waals surface area contributed by atoms with Crippen LogP contribution in [0.15, 0.2) is 0 Å². The molecule has 1 unspecified atom stereocenters. The van der Waals surface area contributed by atoms with Gasteiger partial charge in [0.25, 0.3) is 0 Å². The molecule has 0 amide bonds. The predicted octanol–water partition coefficient (Wildman–Crippen LogP) is 12.4. The highest BCUT2D eigenvalue weighted by Gasteiger charge is 2.25. The predicted molar refractivity (Wildman–Crippen MR) is 173 cm³/mol. The first-order chi connectivity index (χ1) is 18.6. The van der Waals surface area contributed by atoms with E-state index < -0.39 is 0 Å². The summed E-state index contributed by atoms with van der Waals surface area (Å²) in [5.41, 5.74) is 0.736. The fourth-order valence-corrected chi connectivity index (χ4v) is 5.32. The molecule has 1 heterocycles. The molecule has 1 saturated heterocycles. The highest BCUT2D eigenvalue weighted by atomic mass is 79.9. The van der Waals surface area contributed by atoms with E-state index in [9.17, 15) is 0 Å². The van der Waals surface area contributed by atoms with E-state index in [1.165, 1.54) is 148 Å². The molecule has 0 spiro atoms. The quantitative estimate of drug-likeness (QED) is 0.129. The average Bonchev–Trinajstić information content (AvgIpc) is 3.62. The summed E-state index contributed by atoms with van der Waals surface area (Å²) in [6, 6.07) is 0. The van der Waals surface area contributed by atoms with Crippen molar-refractivity contribution in [2.24, 2.45) is 5.41 Å². The molecule has 38 heavy (non-hydrogen) atoms. The standard InChI is InChI=1S/C23H46O2.C8H16.C2H6.CH3BrO/c1-2-3-4-5-6-7-8-9-10-11-12-13-14-15-16-17-20-24-22-23-19-18-21-25-23;1-3-8(2)6-4-5-7-8;1-2;1-3-2/h23H,2-22H2,1H3;3-7H2,1-2H3;1-2H3;1H3. The molecule has 2 fully saturated rings. The molecule has 0 radical (unpaired) electrons. The average molecular weight is 608 g/mol. The summed E-state index contributed by atoms with van der Waals surface area (Å²) >= 11 is 2.65. The Balaban J connectivity index is 0. The first-order valence-corrected chi connectivity index (χ1v) is 17.6. The molecular formula is C34H71BrO3. The Hall–Kier alpha value is 0.360. The van der Waals surface area contributed by atoms with Crippen LogP contribution in [0.1, 0.15) is 182 Å². The van der Waals surface area contributed by atoms with Crippen LogP contribution in [0.4, 0.5) is 0 Å². The summed E-state index contributed by atoms with van der Waals surface area (Å²) in [6.07, 6.45) is 32.9. The number of unbranched alkanes of at least 4 members (excludes halogenated alkanes) is 15. The van der Waals surface area contributed by atoms with Crippen molar-refractivity contribution in [1.29, 1.82) is 0 Å². The molecule has 0 N–H and O–H groups in total. The summed E-state index contributed by atoms with van der Waals surface area (Å²) < 4.78 is 15.3. The van der Waals surface area contributed by atoms with Crippen molar-refractivity contribution in [3.05, 3.63) is 0 Å². The van der Waals surface area contributed by atoms with Gasteiger partial charge in [0, 0.05) is 13.2 Å². The molecule has 1 aliphatic carbocycles. The molecule has 4 heteroatoms. The topological polar surface area (TPSA) is 27.7 Å². The second-order valence-corrected chi connectivity index (χ2v) is 12.2. The molecule has 0 aromatic rings. The normalized spacial score (nSPS) is 17.6. The number of hydrogen-bond donors (Lipinski definition) is 0. The third-order valence-corrected chi connectivity index (χ3v) is 8.13. The van der Waals surface area contributed by atoms with Gasteiger partial charge in [-0.15, -0.1) is 0 Å². The van der Waals surface area contributed by atoms with Gasteiger partial charge in [0.1, 0.15) is 0 Å². The van der Waals surface area contributed by atoms with Gasteiger partial charge in [0.05, 0.1) is 36.1 Å². The van der Waals surface area contributed by atoms with E-state index in [2.05, 4.69) is 40.9 Å². The lowest BCUT2D eigenvalue weighted by Gasteiger charge is -2.19. The van der Waals surface area contributed by atoms with Gasteiger partial charge in [0.15, 0.2) is 0 Å². The van der Waals surface area contributed by atoms with E-state index in [1.54, 1.807) is 7.11 Å². The van der Waals surface area contributed by atoms with Crippen LogP contribution in [-0.2, 0) is 13.3 Å². The Kier molecular flexibility index (Phi) is 35.8. The molecule has 0 bridgehead atoms. The lowest BCUT2D eigenvalue weighted by atomic mass is 9.86. The highest BCUT2D eigenvalue weighted by Crippen LogP contribution is 2.39. The number of halogens is 1. The first-order valence-electron chi connectivity index (χ1n) is 17.0. The van der Waals surface area contributed by atoms with Gasteiger partial charge in [-0.1, -0.05) is 150 Å². The highest BCUT2D eigenvalue weighted by molar-refractivity contribution is 9.06. The van der Waals surface area contributed by atoms with Gasteiger partial charge in [-0.3, -0.25) is 0 Å². The Morgan fingerprint density at radius 1 is 0.711 bits per heavy atom. The van der Waals surface area contributed by atoms with Crippen LogP contribution in [0.2, 0.25) is 0 Å². The van der Waals surface area contributed by atoms with Crippen molar-refractivity contribution in [1.82, 2.24) is 0 Å². The molecule has 3 nitrogen and oxygen atoms in total. The smallest absolute Gasteiger partial charge is 0.0984 e. The summed E-state index contributed by atoms with van der Waals surface area (Å²) in [4.78, 5) is 0. The van der Waals surface area contributed by atoms with E-state index in [1.807, 2.05) is 13.8 Å². The Morgan fingerprint density at radius 2 is 1.13 bits per heavy atom. The molecule has 1 atom stereocenters.